The second-order valence-corrected chi connectivity index (χ2v) is 5.45. The van der Waals surface area contributed by atoms with Gasteiger partial charge in [-0.05, 0) is 26.3 Å². The van der Waals surface area contributed by atoms with Crippen molar-refractivity contribution in [2.24, 2.45) is 0 Å². The van der Waals surface area contributed by atoms with Crippen LogP contribution in [0.4, 0.5) is 13.2 Å². The fraction of sp³-hybridized carbons (Fsp3) is 0.600. The molecule has 1 aliphatic rings. The number of nitrogens with one attached hydrogen (secondary N) is 1. The van der Waals surface area contributed by atoms with E-state index in [1.165, 1.54) is 12.2 Å². The van der Waals surface area contributed by atoms with Crippen molar-refractivity contribution in [2.45, 2.75) is 33.0 Å². The number of rotatable bonds is 4. The number of piperazine rings is 1. The monoisotopic (exact) mass is 288 g/mol. The Morgan fingerprint density at radius 1 is 1.40 bits per heavy atom. The van der Waals surface area contributed by atoms with Crippen molar-refractivity contribution in [3.05, 3.63) is 35.5 Å². The quantitative estimate of drug-likeness (QED) is 0.799. The molecule has 1 rings (SSSR count). The fourth-order valence-corrected chi connectivity index (χ4v) is 2.30. The van der Waals surface area contributed by atoms with Gasteiger partial charge in [0.2, 0.25) is 0 Å². The van der Waals surface area contributed by atoms with E-state index >= 15 is 0 Å². The first-order valence-electron chi connectivity index (χ1n) is 6.77. The molecule has 0 aromatic carbocycles. The lowest BCUT2D eigenvalue weighted by Gasteiger charge is -2.32. The van der Waals surface area contributed by atoms with Crippen LogP contribution in [-0.2, 0) is 0 Å². The van der Waals surface area contributed by atoms with Gasteiger partial charge in [-0.1, -0.05) is 24.3 Å². The van der Waals surface area contributed by atoms with Gasteiger partial charge in [0.15, 0.2) is 0 Å². The van der Waals surface area contributed by atoms with Gasteiger partial charge in [0.05, 0.1) is 5.57 Å². The molecule has 0 bridgehead atoms. The zero-order chi connectivity index (χ0) is 15.3. The topological polar surface area (TPSA) is 15.3 Å². The SMILES string of the molecule is C=C/C(CN1CCNC(C)C1)=C(\C=C(C)C)C(F)(F)F. The summed E-state index contributed by atoms with van der Waals surface area (Å²) in [6.45, 7) is 11.5. The fourth-order valence-electron chi connectivity index (χ4n) is 2.30. The number of hydrogen-bond acceptors (Lipinski definition) is 2. The van der Waals surface area contributed by atoms with Gasteiger partial charge in [0.25, 0.3) is 0 Å². The highest BCUT2D eigenvalue weighted by Gasteiger charge is 2.34. The summed E-state index contributed by atoms with van der Waals surface area (Å²) in [5, 5.41) is 3.28. The van der Waals surface area contributed by atoms with E-state index in [9.17, 15) is 13.2 Å². The highest BCUT2D eigenvalue weighted by Crippen LogP contribution is 2.31. The van der Waals surface area contributed by atoms with Gasteiger partial charge in [-0.3, -0.25) is 4.90 Å². The Labute approximate surface area is 119 Å². The van der Waals surface area contributed by atoms with Crippen LogP contribution in [0.1, 0.15) is 20.8 Å². The molecule has 1 saturated heterocycles. The minimum Gasteiger partial charge on any atom is -0.312 e. The van der Waals surface area contributed by atoms with E-state index in [1.807, 2.05) is 11.8 Å². The summed E-state index contributed by atoms with van der Waals surface area (Å²) in [5.41, 5.74) is 0.289. The van der Waals surface area contributed by atoms with Crippen molar-refractivity contribution in [3.63, 3.8) is 0 Å². The maximum absolute atomic E-state index is 13.2. The second kappa shape index (κ2) is 7.09. The number of hydrogen-bond donors (Lipinski definition) is 1. The minimum atomic E-state index is -4.35. The molecule has 0 spiro atoms. The van der Waals surface area contributed by atoms with Crippen molar-refractivity contribution < 1.29 is 13.2 Å². The molecule has 0 radical (unpaired) electrons. The van der Waals surface area contributed by atoms with Gasteiger partial charge < -0.3 is 5.32 Å². The minimum absolute atomic E-state index is 0.243. The summed E-state index contributed by atoms with van der Waals surface area (Å²) in [6, 6.07) is 0.299. The predicted octanol–water partition coefficient (Wildman–Crippen LogP) is 3.29. The molecule has 20 heavy (non-hydrogen) atoms. The summed E-state index contributed by atoms with van der Waals surface area (Å²) >= 11 is 0. The molecule has 2 nitrogen and oxygen atoms in total. The zero-order valence-electron chi connectivity index (χ0n) is 12.3. The summed E-state index contributed by atoms with van der Waals surface area (Å²) in [6.07, 6.45) is -1.82. The van der Waals surface area contributed by atoms with Crippen LogP contribution >= 0.6 is 0 Å². The molecule has 0 aromatic heterocycles. The van der Waals surface area contributed by atoms with Crippen LogP contribution in [-0.4, -0.2) is 43.3 Å². The predicted molar refractivity (Wildman–Crippen MR) is 76.6 cm³/mol. The average Bonchev–Trinajstić information content (AvgIpc) is 2.32. The van der Waals surface area contributed by atoms with Gasteiger partial charge >= 0.3 is 6.18 Å². The van der Waals surface area contributed by atoms with Crippen LogP contribution in [0.15, 0.2) is 35.5 Å². The maximum atomic E-state index is 13.2. The Balaban J connectivity index is 3.01. The second-order valence-electron chi connectivity index (χ2n) is 5.45. The molecule has 5 heteroatoms. The smallest absolute Gasteiger partial charge is 0.312 e. The van der Waals surface area contributed by atoms with Gasteiger partial charge in [-0.25, -0.2) is 0 Å². The number of alkyl halides is 3. The Kier molecular flexibility index (Phi) is 6.02. The Morgan fingerprint density at radius 2 is 2.05 bits per heavy atom. The van der Waals surface area contributed by atoms with Crippen LogP contribution in [0.3, 0.4) is 0 Å². The average molecular weight is 288 g/mol. The first kappa shape index (κ1) is 17.0. The van der Waals surface area contributed by atoms with E-state index in [4.69, 9.17) is 0 Å². The van der Waals surface area contributed by atoms with Crippen molar-refractivity contribution >= 4 is 0 Å². The van der Waals surface area contributed by atoms with Crippen molar-refractivity contribution in [1.82, 2.24) is 10.2 Å². The van der Waals surface area contributed by atoms with Gasteiger partial charge in [-0.15, -0.1) is 0 Å². The summed E-state index contributed by atoms with van der Waals surface area (Å²) in [5.74, 6) is 0. The molecule has 0 amide bonds. The largest absolute Gasteiger partial charge is 0.416 e. The highest BCUT2D eigenvalue weighted by atomic mass is 19.4. The first-order valence-corrected chi connectivity index (χ1v) is 6.77. The summed E-state index contributed by atoms with van der Waals surface area (Å²) in [4.78, 5) is 2.03. The molecule has 1 aliphatic heterocycles. The lowest BCUT2D eigenvalue weighted by molar-refractivity contribution is -0.0891. The molecule has 1 atom stereocenters. The molecule has 1 unspecified atom stereocenters. The van der Waals surface area contributed by atoms with Crippen LogP contribution in [0, 0.1) is 0 Å². The third-order valence-corrected chi connectivity index (χ3v) is 3.18. The molecule has 0 saturated carbocycles. The van der Waals surface area contributed by atoms with Crippen LogP contribution in [0.5, 0.6) is 0 Å². The van der Waals surface area contributed by atoms with Crippen LogP contribution in [0.25, 0.3) is 0 Å². The molecule has 0 aliphatic carbocycles. The number of nitrogens with zero attached hydrogens (tertiary/aromatic N) is 1. The molecule has 0 aromatic rings. The van der Waals surface area contributed by atoms with Crippen LogP contribution < -0.4 is 5.32 Å². The van der Waals surface area contributed by atoms with Gasteiger partial charge in [0.1, 0.15) is 0 Å². The van der Waals surface area contributed by atoms with Gasteiger partial charge in [0, 0.05) is 32.2 Å². The standard InChI is InChI=1S/C15H23F3N2/c1-5-13(10-20-7-6-19-12(4)9-20)14(8-11(2)3)15(16,17)18/h5,8,12,19H,1,6-7,9-10H2,2-4H3/b14-13-. The highest BCUT2D eigenvalue weighted by molar-refractivity contribution is 5.38. The van der Waals surface area contributed by atoms with Crippen molar-refractivity contribution in [1.29, 1.82) is 0 Å². The summed E-state index contributed by atoms with van der Waals surface area (Å²) in [7, 11) is 0. The lowest BCUT2D eigenvalue weighted by Crippen LogP contribution is -2.49. The van der Waals surface area contributed by atoms with E-state index in [0.29, 0.717) is 11.6 Å². The normalized spacial score (nSPS) is 22.2. The Bertz CT molecular complexity index is 404. The first-order chi connectivity index (χ1) is 9.24. The van der Waals surface area contributed by atoms with Crippen molar-refractivity contribution in [2.75, 3.05) is 26.2 Å². The van der Waals surface area contributed by atoms with E-state index in [0.717, 1.165) is 19.6 Å². The molecular formula is C15H23F3N2. The summed E-state index contributed by atoms with van der Waals surface area (Å²) < 4.78 is 39.5. The van der Waals surface area contributed by atoms with Crippen molar-refractivity contribution in [3.8, 4) is 0 Å². The number of allylic oxidation sites excluding steroid dienone is 3. The zero-order valence-corrected chi connectivity index (χ0v) is 12.3. The molecule has 114 valence electrons. The number of halogens is 3. The molecule has 1 N–H and O–H groups in total. The van der Waals surface area contributed by atoms with Crippen LogP contribution in [0.2, 0.25) is 0 Å². The molecule has 1 fully saturated rings. The van der Waals surface area contributed by atoms with Gasteiger partial charge in [-0.2, -0.15) is 13.2 Å². The maximum Gasteiger partial charge on any atom is 0.416 e. The molecule has 1 heterocycles. The molecular weight excluding hydrogens is 265 g/mol. The Hall–Kier alpha value is -1.07. The van der Waals surface area contributed by atoms with E-state index < -0.39 is 11.7 Å². The lowest BCUT2D eigenvalue weighted by atomic mass is 10.0. The van der Waals surface area contributed by atoms with E-state index in [-0.39, 0.29) is 12.1 Å². The third-order valence-electron chi connectivity index (χ3n) is 3.18. The third kappa shape index (κ3) is 5.13. The Morgan fingerprint density at radius 3 is 2.50 bits per heavy atom. The van der Waals surface area contributed by atoms with E-state index in [1.54, 1.807) is 13.8 Å². The van der Waals surface area contributed by atoms with E-state index in [2.05, 4.69) is 11.9 Å².